The Labute approximate surface area is 111 Å². The van der Waals surface area contributed by atoms with Crippen LogP contribution in [0.25, 0.3) is 0 Å². The van der Waals surface area contributed by atoms with Gasteiger partial charge < -0.3 is 10.1 Å². The van der Waals surface area contributed by atoms with Crippen LogP contribution in [0.3, 0.4) is 0 Å². The van der Waals surface area contributed by atoms with Crippen molar-refractivity contribution >= 4 is 0 Å². The Hall–Kier alpha value is -2.10. The minimum Gasteiger partial charge on any atom is -0.493 e. The maximum atomic E-state index is 12.0. The molecule has 0 fully saturated rings. The molecule has 0 saturated heterocycles. The van der Waals surface area contributed by atoms with E-state index in [9.17, 15) is 9.90 Å². The van der Waals surface area contributed by atoms with Gasteiger partial charge in [0.1, 0.15) is 5.82 Å². The molecular formula is C15H16N2O2. The van der Waals surface area contributed by atoms with Gasteiger partial charge in [-0.15, -0.1) is 0 Å². The third-order valence-corrected chi connectivity index (χ3v) is 3.72. The number of nitrogens with one attached hydrogen (secondary N) is 1. The number of nitrogens with zero attached hydrogens (tertiary/aromatic N) is 1. The molecule has 0 radical (unpaired) electrons. The number of benzene rings is 1. The first kappa shape index (κ1) is 12.0. The van der Waals surface area contributed by atoms with Crippen LogP contribution in [0, 0.1) is 0 Å². The van der Waals surface area contributed by atoms with Crippen molar-refractivity contribution in [2.75, 3.05) is 0 Å². The summed E-state index contributed by atoms with van der Waals surface area (Å²) in [6, 6.07) is 8.10. The first-order valence-electron chi connectivity index (χ1n) is 6.48. The topological polar surface area (TPSA) is 66.0 Å². The molecule has 2 N–H and O–H groups in total. The van der Waals surface area contributed by atoms with Crippen LogP contribution in [0.2, 0.25) is 0 Å². The van der Waals surface area contributed by atoms with Gasteiger partial charge in [0.05, 0.1) is 5.56 Å². The van der Waals surface area contributed by atoms with Gasteiger partial charge in [0, 0.05) is 5.92 Å². The molecule has 19 heavy (non-hydrogen) atoms. The van der Waals surface area contributed by atoms with Gasteiger partial charge in [0.15, 0.2) is 0 Å². The van der Waals surface area contributed by atoms with Gasteiger partial charge in [0.25, 0.3) is 5.56 Å². The highest BCUT2D eigenvalue weighted by Gasteiger charge is 2.30. The second-order valence-corrected chi connectivity index (χ2v) is 5.30. The molecule has 1 aromatic heterocycles. The predicted octanol–water partition coefficient (Wildman–Crippen LogP) is 2.29. The average Bonchev–Trinajstić information content (AvgIpc) is 2.29. The summed E-state index contributed by atoms with van der Waals surface area (Å²) >= 11 is 0. The third-order valence-electron chi connectivity index (χ3n) is 3.72. The zero-order chi connectivity index (χ0) is 13.6. The largest absolute Gasteiger partial charge is 0.493 e. The molecule has 4 heteroatoms. The van der Waals surface area contributed by atoms with Crippen molar-refractivity contribution < 1.29 is 5.11 Å². The van der Waals surface area contributed by atoms with E-state index in [0.29, 0.717) is 11.4 Å². The Kier molecular flexibility index (Phi) is 2.66. The van der Waals surface area contributed by atoms with Crippen molar-refractivity contribution in [1.29, 1.82) is 0 Å². The number of aromatic nitrogens is 2. The van der Waals surface area contributed by atoms with Crippen LogP contribution in [0.1, 0.15) is 48.2 Å². The van der Waals surface area contributed by atoms with E-state index in [-0.39, 0.29) is 23.3 Å². The van der Waals surface area contributed by atoms with Crippen LogP contribution in [0.4, 0.5) is 0 Å². The van der Waals surface area contributed by atoms with Gasteiger partial charge in [-0.1, -0.05) is 38.1 Å². The lowest BCUT2D eigenvalue weighted by Gasteiger charge is -2.29. The fourth-order valence-corrected chi connectivity index (χ4v) is 2.68. The van der Waals surface area contributed by atoms with Gasteiger partial charge in [-0.2, -0.15) is 4.98 Å². The lowest BCUT2D eigenvalue weighted by Crippen LogP contribution is -2.25. The van der Waals surface area contributed by atoms with Crippen molar-refractivity contribution in [3.8, 4) is 5.88 Å². The van der Waals surface area contributed by atoms with Crippen molar-refractivity contribution in [1.82, 2.24) is 9.97 Å². The number of rotatable bonds is 2. The number of H-pyrrole nitrogens is 1. The van der Waals surface area contributed by atoms with Crippen LogP contribution >= 0.6 is 0 Å². The monoisotopic (exact) mass is 256 g/mol. The molecule has 3 rings (SSSR count). The maximum absolute atomic E-state index is 12.0. The first-order valence-corrected chi connectivity index (χ1v) is 6.48. The second kappa shape index (κ2) is 4.23. The van der Waals surface area contributed by atoms with Crippen molar-refractivity contribution in [2.45, 2.75) is 32.1 Å². The molecule has 0 bridgehead atoms. The first-order chi connectivity index (χ1) is 9.08. The van der Waals surface area contributed by atoms with Crippen LogP contribution in [0.15, 0.2) is 29.1 Å². The zero-order valence-corrected chi connectivity index (χ0v) is 11.0. The minimum atomic E-state index is -0.234. The lowest BCUT2D eigenvalue weighted by atomic mass is 9.77. The van der Waals surface area contributed by atoms with E-state index in [1.54, 1.807) is 0 Å². The molecule has 98 valence electrons. The summed E-state index contributed by atoms with van der Waals surface area (Å²) in [5, 5.41) is 9.93. The Morgan fingerprint density at radius 1 is 1.37 bits per heavy atom. The molecule has 1 aliphatic rings. The predicted molar refractivity (Wildman–Crippen MR) is 72.6 cm³/mol. The normalized spacial score (nSPS) is 17.1. The highest BCUT2D eigenvalue weighted by atomic mass is 16.3. The molecule has 4 nitrogen and oxygen atoms in total. The standard InChI is InChI=1S/C15H16N2O2/c1-8(2)12-14(18)16-13(17-15(12)19)11-7-9-5-3-4-6-10(9)11/h3-6,8,11H,7H2,1-2H3,(H2,16,17,18,19). The molecule has 0 spiro atoms. The highest BCUT2D eigenvalue weighted by molar-refractivity contribution is 5.44. The molecule has 2 aromatic rings. The van der Waals surface area contributed by atoms with E-state index < -0.39 is 0 Å². The SMILES string of the molecule is CC(C)c1c(O)nc(C2Cc3ccccc32)[nH]c1=O. The number of aromatic hydroxyl groups is 1. The summed E-state index contributed by atoms with van der Waals surface area (Å²) in [6.45, 7) is 3.73. The van der Waals surface area contributed by atoms with Crippen LogP contribution in [-0.2, 0) is 6.42 Å². The Morgan fingerprint density at radius 2 is 2.11 bits per heavy atom. The van der Waals surface area contributed by atoms with Gasteiger partial charge in [-0.25, -0.2) is 0 Å². The minimum absolute atomic E-state index is 0.0426. The van der Waals surface area contributed by atoms with E-state index in [0.717, 1.165) is 6.42 Å². The molecule has 1 heterocycles. The molecule has 1 aromatic carbocycles. The van der Waals surface area contributed by atoms with E-state index in [1.165, 1.54) is 11.1 Å². The van der Waals surface area contributed by atoms with E-state index in [1.807, 2.05) is 32.0 Å². The Bertz CT molecular complexity index is 689. The average molecular weight is 256 g/mol. The maximum Gasteiger partial charge on any atom is 0.258 e. The van der Waals surface area contributed by atoms with Crippen molar-refractivity contribution in [2.24, 2.45) is 0 Å². The summed E-state index contributed by atoms with van der Waals surface area (Å²) in [5.74, 6) is 0.471. The lowest BCUT2D eigenvalue weighted by molar-refractivity contribution is 0.432. The number of hydrogen-bond acceptors (Lipinski definition) is 3. The smallest absolute Gasteiger partial charge is 0.258 e. The summed E-state index contributed by atoms with van der Waals surface area (Å²) in [7, 11) is 0. The Morgan fingerprint density at radius 3 is 2.74 bits per heavy atom. The number of hydrogen-bond donors (Lipinski definition) is 2. The molecular weight excluding hydrogens is 240 g/mol. The van der Waals surface area contributed by atoms with E-state index >= 15 is 0 Å². The summed E-state index contributed by atoms with van der Waals surface area (Å²) in [4.78, 5) is 19.0. The van der Waals surface area contributed by atoms with Gasteiger partial charge in [0.2, 0.25) is 5.88 Å². The second-order valence-electron chi connectivity index (χ2n) is 5.30. The van der Waals surface area contributed by atoms with Gasteiger partial charge in [-0.3, -0.25) is 4.79 Å². The van der Waals surface area contributed by atoms with Gasteiger partial charge >= 0.3 is 0 Å². The Balaban J connectivity index is 2.04. The van der Waals surface area contributed by atoms with Crippen molar-refractivity contribution in [3.05, 3.63) is 57.1 Å². The zero-order valence-electron chi connectivity index (χ0n) is 11.0. The molecule has 0 saturated carbocycles. The number of aromatic amines is 1. The van der Waals surface area contributed by atoms with Crippen LogP contribution < -0.4 is 5.56 Å². The quantitative estimate of drug-likeness (QED) is 0.866. The van der Waals surface area contributed by atoms with E-state index in [4.69, 9.17) is 0 Å². The van der Waals surface area contributed by atoms with Crippen LogP contribution in [0.5, 0.6) is 5.88 Å². The summed E-state index contributed by atoms with van der Waals surface area (Å²) in [5.41, 5.74) is 2.59. The molecule has 0 amide bonds. The fraction of sp³-hybridized carbons (Fsp3) is 0.333. The molecule has 0 aliphatic heterocycles. The van der Waals surface area contributed by atoms with Gasteiger partial charge in [-0.05, 0) is 23.5 Å². The van der Waals surface area contributed by atoms with E-state index in [2.05, 4.69) is 16.0 Å². The molecule has 1 atom stereocenters. The third kappa shape index (κ3) is 1.84. The molecule has 1 aliphatic carbocycles. The number of fused-ring (bicyclic) bond motifs is 1. The molecule has 1 unspecified atom stereocenters. The summed E-state index contributed by atoms with van der Waals surface area (Å²) in [6.07, 6.45) is 0.861. The highest BCUT2D eigenvalue weighted by Crippen LogP contribution is 2.38. The fourth-order valence-electron chi connectivity index (χ4n) is 2.68. The van der Waals surface area contributed by atoms with Crippen molar-refractivity contribution in [3.63, 3.8) is 0 Å². The van der Waals surface area contributed by atoms with Crippen LogP contribution in [-0.4, -0.2) is 15.1 Å². The summed E-state index contributed by atoms with van der Waals surface area (Å²) < 4.78 is 0.